The normalized spacial score (nSPS) is 15.5. The average Bonchev–Trinajstić information content (AvgIpc) is 2.48. The molecule has 3 nitrogen and oxygen atoms in total. The second-order valence-corrected chi connectivity index (χ2v) is 5.98. The predicted octanol–water partition coefficient (Wildman–Crippen LogP) is 4.47. The zero-order chi connectivity index (χ0) is 14.8. The lowest BCUT2D eigenvalue weighted by Crippen LogP contribution is -2.31. The van der Waals surface area contributed by atoms with Gasteiger partial charge in [0.25, 0.3) is 0 Å². The van der Waals surface area contributed by atoms with Crippen molar-refractivity contribution in [3.05, 3.63) is 57.7 Å². The van der Waals surface area contributed by atoms with Gasteiger partial charge in [0, 0.05) is 18.1 Å². The van der Waals surface area contributed by atoms with Crippen LogP contribution in [0.1, 0.15) is 18.9 Å². The third-order valence-electron chi connectivity index (χ3n) is 3.69. The van der Waals surface area contributed by atoms with E-state index in [4.69, 9.17) is 23.2 Å². The van der Waals surface area contributed by atoms with Gasteiger partial charge in [-0.05, 0) is 48.7 Å². The second-order valence-electron chi connectivity index (χ2n) is 5.16. The highest BCUT2D eigenvalue weighted by atomic mass is 35.5. The Kier molecular flexibility index (Phi) is 4.13. The molecular weight excluding hydrogens is 305 g/mol. The second kappa shape index (κ2) is 6.04. The lowest BCUT2D eigenvalue weighted by Gasteiger charge is -2.30. The molecule has 5 heteroatoms. The van der Waals surface area contributed by atoms with Crippen molar-refractivity contribution in [2.75, 3.05) is 18.0 Å². The maximum atomic E-state index is 6.09. The molecule has 1 aromatic heterocycles. The predicted molar refractivity (Wildman–Crippen MR) is 87.9 cm³/mol. The number of halogens is 2. The first-order chi connectivity index (χ1) is 10.1. The largest absolute Gasteiger partial charge is 0.351 e. The van der Waals surface area contributed by atoms with E-state index in [0.29, 0.717) is 5.15 Å². The third-order valence-corrected chi connectivity index (χ3v) is 4.13. The summed E-state index contributed by atoms with van der Waals surface area (Å²) in [5.74, 6) is 0.865. The van der Waals surface area contributed by atoms with Gasteiger partial charge in [0.05, 0.1) is 0 Å². The SMILES string of the molecule is CC1=C(c2cccc(Cl)c2)CCN(c2ccc(Cl)nn2)C1. The topological polar surface area (TPSA) is 29.0 Å². The molecule has 21 heavy (non-hydrogen) atoms. The van der Waals surface area contributed by atoms with Crippen molar-refractivity contribution in [1.29, 1.82) is 0 Å². The summed E-state index contributed by atoms with van der Waals surface area (Å²) in [5.41, 5.74) is 3.91. The van der Waals surface area contributed by atoms with E-state index < -0.39 is 0 Å². The number of aromatic nitrogens is 2. The van der Waals surface area contributed by atoms with E-state index in [1.165, 1.54) is 16.7 Å². The number of benzene rings is 1. The van der Waals surface area contributed by atoms with Gasteiger partial charge in [0.1, 0.15) is 0 Å². The third kappa shape index (κ3) is 3.20. The van der Waals surface area contributed by atoms with Gasteiger partial charge < -0.3 is 4.90 Å². The molecule has 1 aliphatic heterocycles. The molecule has 0 amide bonds. The maximum Gasteiger partial charge on any atom is 0.151 e. The highest BCUT2D eigenvalue weighted by Gasteiger charge is 2.19. The molecule has 0 N–H and O–H groups in total. The van der Waals surface area contributed by atoms with Gasteiger partial charge in [-0.3, -0.25) is 0 Å². The number of rotatable bonds is 2. The van der Waals surface area contributed by atoms with Gasteiger partial charge in [-0.1, -0.05) is 40.9 Å². The minimum atomic E-state index is 0.419. The van der Waals surface area contributed by atoms with Crippen LogP contribution in [-0.2, 0) is 0 Å². The van der Waals surface area contributed by atoms with E-state index in [1.54, 1.807) is 6.07 Å². The van der Waals surface area contributed by atoms with Crippen LogP contribution < -0.4 is 4.90 Å². The van der Waals surface area contributed by atoms with Crippen LogP contribution in [0.3, 0.4) is 0 Å². The highest BCUT2D eigenvalue weighted by molar-refractivity contribution is 6.30. The summed E-state index contributed by atoms with van der Waals surface area (Å²) in [6.45, 7) is 3.92. The summed E-state index contributed by atoms with van der Waals surface area (Å²) in [5, 5.41) is 9.25. The Hall–Kier alpha value is -1.58. The van der Waals surface area contributed by atoms with E-state index in [2.05, 4.69) is 28.1 Å². The number of anilines is 1. The molecule has 2 heterocycles. The standard InChI is InChI=1S/C16H15Cl2N3/c1-11-10-21(16-6-5-15(18)19-20-16)8-7-14(11)12-3-2-4-13(17)9-12/h2-6,9H,7-8,10H2,1H3. The Morgan fingerprint density at radius 2 is 1.95 bits per heavy atom. The Morgan fingerprint density at radius 1 is 1.10 bits per heavy atom. The van der Waals surface area contributed by atoms with Crippen LogP contribution in [0.4, 0.5) is 5.82 Å². The molecule has 0 saturated carbocycles. The lowest BCUT2D eigenvalue weighted by atomic mass is 9.94. The van der Waals surface area contributed by atoms with Crippen molar-refractivity contribution in [3.63, 3.8) is 0 Å². The fourth-order valence-corrected chi connectivity index (χ4v) is 2.95. The van der Waals surface area contributed by atoms with E-state index >= 15 is 0 Å². The Bertz CT molecular complexity index is 680. The van der Waals surface area contributed by atoms with Gasteiger partial charge in [-0.25, -0.2) is 0 Å². The highest BCUT2D eigenvalue weighted by Crippen LogP contribution is 2.30. The molecule has 0 bridgehead atoms. The van der Waals surface area contributed by atoms with Gasteiger partial charge in [0.15, 0.2) is 11.0 Å². The molecule has 1 aliphatic rings. The summed E-state index contributed by atoms with van der Waals surface area (Å²) in [6.07, 6.45) is 0.969. The molecule has 3 rings (SSSR count). The van der Waals surface area contributed by atoms with Crippen molar-refractivity contribution in [2.24, 2.45) is 0 Å². The number of hydrogen-bond acceptors (Lipinski definition) is 3. The zero-order valence-corrected chi connectivity index (χ0v) is 13.2. The van der Waals surface area contributed by atoms with Crippen molar-refractivity contribution >= 4 is 34.6 Å². The molecule has 0 aliphatic carbocycles. The minimum absolute atomic E-state index is 0.419. The van der Waals surface area contributed by atoms with Crippen molar-refractivity contribution < 1.29 is 0 Å². The fourth-order valence-electron chi connectivity index (χ4n) is 2.66. The van der Waals surface area contributed by atoms with Gasteiger partial charge >= 0.3 is 0 Å². The monoisotopic (exact) mass is 319 g/mol. The molecule has 0 spiro atoms. The fraction of sp³-hybridized carbons (Fsp3) is 0.250. The molecule has 1 aromatic carbocycles. The van der Waals surface area contributed by atoms with Gasteiger partial charge in [-0.15, -0.1) is 10.2 Å². The molecule has 0 fully saturated rings. The minimum Gasteiger partial charge on any atom is -0.351 e. The first-order valence-corrected chi connectivity index (χ1v) is 7.58. The van der Waals surface area contributed by atoms with Crippen LogP contribution in [0.15, 0.2) is 42.0 Å². The Morgan fingerprint density at radius 3 is 2.62 bits per heavy atom. The van der Waals surface area contributed by atoms with Crippen LogP contribution in [-0.4, -0.2) is 23.3 Å². The quantitative estimate of drug-likeness (QED) is 0.817. The number of nitrogens with zero attached hydrogens (tertiary/aromatic N) is 3. The molecule has 0 unspecified atom stereocenters. The van der Waals surface area contributed by atoms with E-state index in [1.807, 2.05) is 24.3 Å². The summed E-state index contributed by atoms with van der Waals surface area (Å²) in [6, 6.07) is 11.7. The van der Waals surface area contributed by atoms with Crippen molar-refractivity contribution in [3.8, 4) is 0 Å². The van der Waals surface area contributed by atoms with Gasteiger partial charge in [0.2, 0.25) is 0 Å². The number of hydrogen-bond donors (Lipinski definition) is 0. The van der Waals surface area contributed by atoms with Crippen LogP contribution in [0, 0.1) is 0 Å². The summed E-state index contributed by atoms with van der Waals surface area (Å²) in [4.78, 5) is 2.21. The van der Waals surface area contributed by atoms with E-state index in [9.17, 15) is 0 Å². The van der Waals surface area contributed by atoms with Crippen LogP contribution >= 0.6 is 23.2 Å². The lowest BCUT2D eigenvalue weighted by molar-refractivity contribution is 0.777. The Balaban J connectivity index is 1.84. The molecule has 2 aromatic rings. The summed E-state index contributed by atoms with van der Waals surface area (Å²) < 4.78 is 0. The summed E-state index contributed by atoms with van der Waals surface area (Å²) >= 11 is 11.9. The van der Waals surface area contributed by atoms with Crippen LogP contribution in [0.2, 0.25) is 10.2 Å². The van der Waals surface area contributed by atoms with Gasteiger partial charge in [-0.2, -0.15) is 0 Å². The van der Waals surface area contributed by atoms with Crippen molar-refractivity contribution in [1.82, 2.24) is 10.2 Å². The molecular formula is C16H15Cl2N3. The maximum absolute atomic E-state index is 6.09. The average molecular weight is 320 g/mol. The van der Waals surface area contributed by atoms with Crippen LogP contribution in [0.5, 0.6) is 0 Å². The van der Waals surface area contributed by atoms with Crippen molar-refractivity contribution in [2.45, 2.75) is 13.3 Å². The molecule has 0 saturated heterocycles. The van der Waals surface area contributed by atoms with E-state index in [-0.39, 0.29) is 0 Å². The summed E-state index contributed by atoms with van der Waals surface area (Å²) in [7, 11) is 0. The Labute approximate surface area is 134 Å². The first-order valence-electron chi connectivity index (χ1n) is 6.82. The molecule has 0 radical (unpaired) electrons. The first kappa shape index (κ1) is 14.4. The van der Waals surface area contributed by atoms with E-state index in [0.717, 1.165) is 30.4 Å². The smallest absolute Gasteiger partial charge is 0.151 e. The van der Waals surface area contributed by atoms with Crippen LogP contribution in [0.25, 0.3) is 5.57 Å². The molecule has 108 valence electrons. The molecule has 0 atom stereocenters. The zero-order valence-electron chi connectivity index (χ0n) is 11.7.